The second-order valence-corrected chi connectivity index (χ2v) is 4.13. The maximum Gasteiger partial charge on any atom is 0.326 e. The first kappa shape index (κ1) is 15.0. The van der Waals surface area contributed by atoms with Crippen LogP contribution in [0.25, 0.3) is 0 Å². The van der Waals surface area contributed by atoms with E-state index in [0.29, 0.717) is 18.7 Å². The van der Waals surface area contributed by atoms with Crippen molar-refractivity contribution >= 4 is 17.7 Å². The number of nitrogens with one attached hydrogen (secondary N) is 3. The number of urea groups is 1. The fourth-order valence-corrected chi connectivity index (χ4v) is 1.63. The number of hydrogen-bond donors (Lipinski definition) is 4. The van der Waals surface area contributed by atoms with Crippen molar-refractivity contribution in [1.29, 1.82) is 0 Å². The molecule has 6 nitrogen and oxygen atoms in total. The third-order valence-electron chi connectivity index (χ3n) is 2.58. The molecule has 1 aromatic rings. The van der Waals surface area contributed by atoms with Gasteiger partial charge in [-0.3, -0.25) is 0 Å². The SMILES string of the molecule is CCC(NC(=O)Nc1cccc(CNC)c1)C(=O)O. The van der Waals surface area contributed by atoms with Crippen LogP contribution in [0.1, 0.15) is 18.9 Å². The van der Waals surface area contributed by atoms with Crippen molar-refractivity contribution < 1.29 is 14.7 Å². The van der Waals surface area contributed by atoms with Gasteiger partial charge >= 0.3 is 12.0 Å². The normalized spacial score (nSPS) is 11.7. The molecule has 104 valence electrons. The molecule has 0 aliphatic rings. The number of amides is 2. The van der Waals surface area contributed by atoms with Gasteiger partial charge in [0.15, 0.2) is 0 Å². The van der Waals surface area contributed by atoms with E-state index < -0.39 is 18.0 Å². The van der Waals surface area contributed by atoms with E-state index in [9.17, 15) is 9.59 Å². The summed E-state index contributed by atoms with van der Waals surface area (Å²) in [5.41, 5.74) is 1.66. The third kappa shape index (κ3) is 4.97. The smallest absolute Gasteiger partial charge is 0.326 e. The van der Waals surface area contributed by atoms with Gasteiger partial charge in [0, 0.05) is 12.2 Å². The fraction of sp³-hybridized carbons (Fsp3) is 0.385. The largest absolute Gasteiger partial charge is 0.480 e. The van der Waals surface area contributed by atoms with Crippen LogP contribution in [-0.2, 0) is 11.3 Å². The molecule has 0 spiro atoms. The molecule has 0 aliphatic heterocycles. The predicted octanol–water partition coefficient (Wildman–Crippen LogP) is 1.39. The zero-order valence-electron chi connectivity index (χ0n) is 11.1. The third-order valence-corrected chi connectivity index (χ3v) is 2.58. The van der Waals surface area contributed by atoms with E-state index in [1.54, 1.807) is 13.0 Å². The monoisotopic (exact) mass is 265 g/mol. The van der Waals surface area contributed by atoms with Gasteiger partial charge in [-0.05, 0) is 31.2 Å². The van der Waals surface area contributed by atoms with Gasteiger partial charge in [-0.15, -0.1) is 0 Å². The maximum atomic E-state index is 11.7. The average Bonchev–Trinajstić information content (AvgIpc) is 2.36. The quantitative estimate of drug-likeness (QED) is 0.625. The summed E-state index contributed by atoms with van der Waals surface area (Å²) in [6.07, 6.45) is 0.336. The molecule has 1 aromatic carbocycles. The minimum Gasteiger partial charge on any atom is -0.480 e. The minimum absolute atomic E-state index is 0.336. The average molecular weight is 265 g/mol. The number of rotatable bonds is 6. The Morgan fingerprint density at radius 2 is 2.11 bits per heavy atom. The molecule has 0 bridgehead atoms. The predicted molar refractivity (Wildman–Crippen MR) is 73.1 cm³/mol. The van der Waals surface area contributed by atoms with Gasteiger partial charge in [-0.2, -0.15) is 0 Å². The van der Waals surface area contributed by atoms with E-state index in [2.05, 4.69) is 16.0 Å². The lowest BCUT2D eigenvalue weighted by Crippen LogP contribution is -2.42. The Morgan fingerprint density at radius 1 is 1.37 bits per heavy atom. The van der Waals surface area contributed by atoms with Crippen molar-refractivity contribution in [2.75, 3.05) is 12.4 Å². The van der Waals surface area contributed by atoms with Gasteiger partial charge < -0.3 is 21.1 Å². The van der Waals surface area contributed by atoms with Crippen LogP contribution in [0.3, 0.4) is 0 Å². The molecule has 0 aromatic heterocycles. The molecular formula is C13H19N3O3. The summed E-state index contributed by atoms with van der Waals surface area (Å²) in [6, 6.07) is 5.96. The van der Waals surface area contributed by atoms with Crippen molar-refractivity contribution in [3.05, 3.63) is 29.8 Å². The summed E-state index contributed by atoms with van der Waals surface area (Å²) in [5, 5.41) is 16.9. The van der Waals surface area contributed by atoms with Crippen molar-refractivity contribution in [3.8, 4) is 0 Å². The molecular weight excluding hydrogens is 246 g/mol. The highest BCUT2D eigenvalue weighted by atomic mass is 16.4. The van der Waals surface area contributed by atoms with Crippen LogP contribution in [0.15, 0.2) is 24.3 Å². The molecule has 1 rings (SSSR count). The summed E-state index contributed by atoms with van der Waals surface area (Å²) >= 11 is 0. The highest BCUT2D eigenvalue weighted by Gasteiger charge is 2.17. The van der Waals surface area contributed by atoms with Gasteiger partial charge in [0.1, 0.15) is 6.04 Å². The van der Waals surface area contributed by atoms with Crippen molar-refractivity contribution in [3.63, 3.8) is 0 Å². The Labute approximate surface area is 112 Å². The Morgan fingerprint density at radius 3 is 2.68 bits per heavy atom. The summed E-state index contributed by atoms with van der Waals surface area (Å²) < 4.78 is 0. The first-order chi connectivity index (χ1) is 9.06. The number of benzene rings is 1. The van der Waals surface area contributed by atoms with E-state index in [4.69, 9.17) is 5.11 Å². The first-order valence-corrected chi connectivity index (χ1v) is 6.10. The van der Waals surface area contributed by atoms with Crippen molar-refractivity contribution in [2.45, 2.75) is 25.9 Å². The molecule has 0 fully saturated rings. The molecule has 0 aliphatic carbocycles. The highest BCUT2D eigenvalue weighted by molar-refractivity contribution is 5.92. The summed E-state index contributed by atoms with van der Waals surface area (Å²) in [5.74, 6) is -1.04. The van der Waals surface area contributed by atoms with Gasteiger partial charge in [-0.1, -0.05) is 19.1 Å². The van der Waals surface area contributed by atoms with Crippen LogP contribution in [0.2, 0.25) is 0 Å². The van der Waals surface area contributed by atoms with E-state index in [1.165, 1.54) is 0 Å². The summed E-state index contributed by atoms with van der Waals surface area (Å²) in [6.45, 7) is 2.40. The second kappa shape index (κ2) is 7.38. The minimum atomic E-state index is -1.04. The maximum absolute atomic E-state index is 11.7. The molecule has 0 radical (unpaired) electrons. The molecule has 0 saturated heterocycles. The Balaban J connectivity index is 2.61. The number of carbonyl (C=O) groups is 2. The number of aliphatic carboxylic acids is 1. The van der Waals surface area contributed by atoms with Crippen LogP contribution >= 0.6 is 0 Å². The van der Waals surface area contributed by atoms with Gasteiger partial charge in [0.2, 0.25) is 0 Å². The van der Waals surface area contributed by atoms with E-state index >= 15 is 0 Å². The molecule has 1 unspecified atom stereocenters. The Bertz CT molecular complexity index is 449. The molecule has 19 heavy (non-hydrogen) atoms. The lowest BCUT2D eigenvalue weighted by atomic mass is 10.2. The zero-order chi connectivity index (χ0) is 14.3. The van der Waals surface area contributed by atoms with Gasteiger partial charge in [-0.25, -0.2) is 9.59 Å². The van der Waals surface area contributed by atoms with Gasteiger partial charge in [0.25, 0.3) is 0 Å². The van der Waals surface area contributed by atoms with E-state index in [-0.39, 0.29) is 0 Å². The molecule has 0 saturated carbocycles. The number of anilines is 1. The van der Waals surface area contributed by atoms with Crippen LogP contribution in [0.5, 0.6) is 0 Å². The van der Waals surface area contributed by atoms with Crippen LogP contribution in [-0.4, -0.2) is 30.2 Å². The molecule has 1 atom stereocenters. The fourth-order valence-electron chi connectivity index (χ4n) is 1.63. The Kier molecular flexibility index (Phi) is 5.81. The first-order valence-electron chi connectivity index (χ1n) is 6.10. The lowest BCUT2D eigenvalue weighted by molar-refractivity contribution is -0.139. The van der Waals surface area contributed by atoms with Gasteiger partial charge in [0.05, 0.1) is 0 Å². The molecule has 6 heteroatoms. The van der Waals surface area contributed by atoms with E-state index in [1.807, 2.05) is 25.2 Å². The number of carbonyl (C=O) groups excluding carboxylic acids is 1. The van der Waals surface area contributed by atoms with Crippen molar-refractivity contribution in [2.24, 2.45) is 0 Å². The lowest BCUT2D eigenvalue weighted by Gasteiger charge is -2.13. The zero-order valence-corrected chi connectivity index (χ0v) is 11.1. The number of hydrogen-bond acceptors (Lipinski definition) is 3. The van der Waals surface area contributed by atoms with Crippen LogP contribution in [0.4, 0.5) is 10.5 Å². The molecule has 0 heterocycles. The number of carboxylic acids is 1. The molecule has 4 N–H and O–H groups in total. The Hall–Kier alpha value is -2.08. The highest BCUT2D eigenvalue weighted by Crippen LogP contribution is 2.10. The second-order valence-electron chi connectivity index (χ2n) is 4.13. The topological polar surface area (TPSA) is 90.5 Å². The molecule has 2 amide bonds. The van der Waals surface area contributed by atoms with Crippen LogP contribution < -0.4 is 16.0 Å². The summed E-state index contributed by atoms with van der Waals surface area (Å²) in [7, 11) is 1.84. The summed E-state index contributed by atoms with van der Waals surface area (Å²) in [4.78, 5) is 22.5. The van der Waals surface area contributed by atoms with E-state index in [0.717, 1.165) is 5.56 Å². The number of carboxylic acid groups (broad SMARTS) is 1. The standard InChI is InChI=1S/C13H19N3O3/c1-3-11(12(17)18)16-13(19)15-10-6-4-5-9(7-10)8-14-2/h4-7,11,14H,3,8H2,1-2H3,(H,17,18)(H2,15,16,19). The van der Waals surface area contributed by atoms with Crippen LogP contribution in [0, 0.1) is 0 Å². The van der Waals surface area contributed by atoms with Crippen molar-refractivity contribution in [1.82, 2.24) is 10.6 Å².